The number of rotatable bonds is 4. The van der Waals surface area contributed by atoms with Crippen molar-refractivity contribution in [3.8, 4) is 6.07 Å². The molecule has 2 atom stereocenters. The fourth-order valence-corrected chi connectivity index (χ4v) is 1.32. The highest BCUT2D eigenvalue weighted by Gasteiger charge is 2.21. The Labute approximate surface area is 98.5 Å². The van der Waals surface area contributed by atoms with Crippen LogP contribution in [-0.4, -0.2) is 33.8 Å². The maximum atomic E-state index is 10.7. The van der Waals surface area contributed by atoms with Gasteiger partial charge in [0.15, 0.2) is 0 Å². The minimum atomic E-state index is -1.26. The lowest BCUT2D eigenvalue weighted by molar-refractivity contribution is -0.119. The number of aliphatic hydroxyl groups is 2. The summed E-state index contributed by atoms with van der Waals surface area (Å²) in [7, 11) is 0. The second-order valence-corrected chi connectivity index (χ2v) is 3.50. The van der Waals surface area contributed by atoms with Crippen molar-refractivity contribution in [1.29, 1.82) is 5.26 Å². The van der Waals surface area contributed by atoms with E-state index in [0.29, 0.717) is 0 Å². The minimum absolute atomic E-state index is 0.0573. The lowest BCUT2D eigenvalue weighted by Gasteiger charge is -2.18. The van der Waals surface area contributed by atoms with E-state index in [0.717, 1.165) is 0 Å². The Kier molecular flexibility index (Phi) is 4.57. The van der Waals surface area contributed by atoms with Crippen LogP contribution in [0.25, 0.3) is 0 Å². The molecular formula is C11H13N3O3. The van der Waals surface area contributed by atoms with Crippen LogP contribution in [-0.2, 0) is 4.79 Å². The van der Waals surface area contributed by atoms with Crippen LogP contribution in [0.3, 0.4) is 0 Å². The third-order valence-corrected chi connectivity index (χ3v) is 2.19. The van der Waals surface area contributed by atoms with E-state index in [1.165, 1.54) is 19.2 Å². The van der Waals surface area contributed by atoms with Crippen LogP contribution in [0.15, 0.2) is 18.3 Å². The molecule has 2 unspecified atom stereocenters. The largest absolute Gasteiger partial charge is 0.388 e. The molecule has 6 nitrogen and oxygen atoms in total. The fourth-order valence-electron chi connectivity index (χ4n) is 1.32. The van der Waals surface area contributed by atoms with E-state index < -0.39 is 12.2 Å². The van der Waals surface area contributed by atoms with Crippen molar-refractivity contribution in [1.82, 2.24) is 10.3 Å². The average molecular weight is 235 g/mol. The zero-order chi connectivity index (χ0) is 12.8. The lowest BCUT2D eigenvalue weighted by atomic mass is 10.0. The molecule has 0 fully saturated rings. The van der Waals surface area contributed by atoms with Gasteiger partial charge in [-0.05, 0) is 6.07 Å². The van der Waals surface area contributed by atoms with Gasteiger partial charge in [0, 0.05) is 25.2 Å². The molecule has 1 aromatic rings. The second kappa shape index (κ2) is 5.94. The number of carbonyl (C=O) groups excluding carboxylic acids is 1. The number of aromatic nitrogens is 1. The molecule has 1 heterocycles. The van der Waals surface area contributed by atoms with E-state index in [1.807, 2.05) is 6.07 Å². The molecule has 0 aliphatic rings. The maximum absolute atomic E-state index is 10.7. The van der Waals surface area contributed by atoms with Crippen molar-refractivity contribution in [2.45, 2.75) is 19.1 Å². The van der Waals surface area contributed by atoms with Gasteiger partial charge in [0.2, 0.25) is 5.91 Å². The predicted molar refractivity (Wildman–Crippen MR) is 58.6 cm³/mol. The monoisotopic (exact) mass is 235 g/mol. The highest BCUT2D eigenvalue weighted by Crippen LogP contribution is 2.18. The van der Waals surface area contributed by atoms with Gasteiger partial charge < -0.3 is 15.5 Å². The molecule has 0 spiro atoms. The van der Waals surface area contributed by atoms with Gasteiger partial charge in [0.25, 0.3) is 0 Å². The van der Waals surface area contributed by atoms with E-state index in [-0.39, 0.29) is 23.7 Å². The molecule has 0 aliphatic carbocycles. The number of amides is 1. The van der Waals surface area contributed by atoms with Crippen LogP contribution >= 0.6 is 0 Å². The van der Waals surface area contributed by atoms with Crippen molar-refractivity contribution in [2.24, 2.45) is 0 Å². The Morgan fingerprint density at radius 2 is 2.35 bits per heavy atom. The summed E-state index contributed by atoms with van der Waals surface area (Å²) in [6, 6.07) is 4.89. The molecular weight excluding hydrogens is 222 g/mol. The zero-order valence-electron chi connectivity index (χ0n) is 9.29. The van der Waals surface area contributed by atoms with Gasteiger partial charge in [0.1, 0.15) is 24.0 Å². The van der Waals surface area contributed by atoms with Crippen molar-refractivity contribution in [3.05, 3.63) is 29.6 Å². The van der Waals surface area contributed by atoms with Gasteiger partial charge in [-0.25, -0.2) is 4.98 Å². The first-order valence-electron chi connectivity index (χ1n) is 5.02. The van der Waals surface area contributed by atoms with Crippen LogP contribution < -0.4 is 5.32 Å². The summed E-state index contributed by atoms with van der Waals surface area (Å²) in [6.07, 6.45) is -1.02. The highest BCUT2D eigenvalue weighted by molar-refractivity contribution is 5.72. The zero-order valence-corrected chi connectivity index (χ0v) is 9.29. The SMILES string of the molecule is CC(=O)NCC(O)C(O)c1cccnc1C#N. The topological polar surface area (TPSA) is 106 Å². The maximum Gasteiger partial charge on any atom is 0.216 e. The molecule has 17 heavy (non-hydrogen) atoms. The van der Waals surface area contributed by atoms with Crippen molar-refractivity contribution in [2.75, 3.05) is 6.54 Å². The summed E-state index contributed by atoms with van der Waals surface area (Å²) in [4.78, 5) is 14.4. The molecule has 1 rings (SSSR count). The number of pyridine rings is 1. The Bertz CT molecular complexity index is 442. The molecule has 0 aromatic carbocycles. The van der Waals surface area contributed by atoms with Gasteiger partial charge in [-0.3, -0.25) is 4.79 Å². The molecule has 0 aliphatic heterocycles. The molecule has 0 saturated carbocycles. The van der Waals surface area contributed by atoms with Crippen LogP contribution in [0.1, 0.15) is 24.3 Å². The van der Waals surface area contributed by atoms with Crippen molar-refractivity contribution in [3.63, 3.8) is 0 Å². The fraction of sp³-hybridized carbons (Fsp3) is 0.364. The van der Waals surface area contributed by atoms with E-state index in [9.17, 15) is 15.0 Å². The van der Waals surface area contributed by atoms with E-state index in [1.54, 1.807) is 6.07 Å². The van der Waals surface area contributed by atoms with Gasteiger partial charge >= 0.3 is 0 Å². The number of nitrogens with one attached hydrogen (secondary N) is 1. The number of hydrogen-bond donors (Lipinski definition) is 3. The van der Waals surface area contributed by atoms with Crippen LogP contribution in [0, 0.1) is 11.3 Å². The molecule has 0 bridgehead atoms. The molecule has 1 amide bonds. The number of hydrogen-bond acceptors (Lipinski definition) is 5. The predicted octanol–water partition coefficient (Wildman–Crippen LogP) is -0.516. The Balaban J connectivity index is 2.78. The average Bonchev–Trinajstić information content (AvgIpc) is 2.34. The van der Waals surface area contributed by atoms with E-state index in [4.69, 9.17) is 5.26 Å². The first kappa shape index (κ1) is 13.1. The summed E-state index contributed by atoms with van der Waals surface area (Å²) in [5.74, 6) is -0.303. The lowest BCUT2D eigenvalue weighted by Crippen LogP contribution is -2.34. The third kappa shape index (κ3) is 3.52. The van der Waals surface area contributed by atoms with Gasteiger partial charge in [-0.15, -0.1) is 0 Å². The Morgan fingerprint density at radius 1 is 1.65 bits per heavy atom. The summed E-state index contributed by atoms with van der Waals surface area (Å²) in [5, 5.41) is 30.6. The van der Waals surface area contributed by atoms with Crippen LogP contribution in [0.5, 0.6) is 0 Å². The molecule has 3 N–H and O–H groups in total. The van der Waals surface area contributed by atoms with Gasteiger partial charge in [0.05, 0.1) is 0 Å². The van der Waals surface area contributed by atoms with E-state index in [2.05, 4.69) is 10.3 Å². The number of aliphatic hydroxyl groups excluding tert-OH is 2. The molecule has 6 heteroatoms. The molecule has 90 valence electrons. The van der Waals surface area contributed by atoms with Crippen LogP contribution in [0.2, 0.25) is 0 Å². The number of nitriles is 1. The molecule has 0 radical (unpaired) electrons. The van der Waals surface area contributed by atoms with E-state index >= 15 is 0 Å². The normalized spacial score (nSPS) is 13.5. The summed E-state index contributed by atoms with van der Waals surface area (Å²) in [5.41, 5.74) is 0.301. The van der Waals surface area contributed by atoms with Gasteiger partial charge in [-0.1, -0.05) is 6.07 Å². The summed E-state index contributed by atoms with van der Waals surface area (Å²) in [6.45, 7) is 1.22. The second-order valence-electron chi connectivity index (χ2n) is 3.50. The first-order valence-corrected chi connectivity index (χ1v) is 5.02. The Morgan fingerprint density at radius 3 is 2.94 bits per heavy atom. The minimum Gasteiger partial charge on any atom is -0.388 e. The summed E-state index contributed by atoms with van der Waals surface area (Å²) >= 11 is 0. The van der Waals surface area contributed by atoms with Crippen LogP contribution in [0.4, 0.5) is 0 Å². The van der Waals surface area contributed by atoms with Crippen molar-refractivity contribution >= 4 is 5.91 Å². The molecule has 0 saturated heterocycles. The van der Waals surface area contributed by atoms with Crippen molar-refractivity contribution < 1.29 is 15.0 Å². The quantitative estimate of drug-likeness (QED) is 0.651. The molecule has 1 aromatic heterocycles. The summed E-state index contributed by atoms with van der Waals surface area (Å²) < 4.78 is 0. The third-order valence-electron chi connectivity index (χ3n) is 2.19. The smallest absolute Gasteiger partial charge is 0.216 e. The highest BCUT2D eigenvalue weighted by atomic mass is 16.3. The Hall–Kier alpha value is -1.97. The first-order chi connectivity index (χ1) is 8.06. The standard InChI is InChI=1S/C11H13N3O3/c1-7(15)14-6-10(16)11(17)8-3-2-4-13-9(8)5-12/h2-4,10-11,16-17H,6H2,1H3,(H,14,15). The number of nitrogens with zero attached hydrogens (tertiary/aromatic N) is 2. The van der Waals surface area contributed by atoms with Gasteiger partial charge in [-0.2, -0.15) is 5.26 Å². The number of carbonyl (C=O) groups is 1.